The third kappa shape index (κ3) is 4.16. The number of aliphatic hydroxyl groups is 2. The molecule has 6 heteroatoms. The Morgan fingerprint density at radius 1 is 1.41 bits per heavy atom. The van der Waals surface area contributed by atoms with Crippen LogP contribution in [0.5, 0.6) is 0 Å². The fraction of sp³-hybridized carbons (Fsp3) is 0.364. The summed E-state index contributed by atoms with van der Waals surface area (Å²) in [5, 5.41) is 20.0. The van der Waals surface area contributed by atoms with Crippen LogP contribution in [-0.2, 0) is 4.79 Å². The quantitative estimate of drug-likeness (QED) is 0.896. The minimum Gasteiger partial charge on any atom is -0.389 e. The average molecular weight is 295 g/mol. The van der Waals surface area contributed by atoms with E-state index < -0.39 is 12.2 Å². The van der Waals surface area contributed by atoms with Crippen molar-refractivity contribution in [2.45, 2.75) is 19.1 Å². The van der Waals surface area contributed by atoms with Gasteiger partial charge in [-0.1, -0.05) is 47.1 Å². The molecular weight excluding hydrogens is 283 g/mol. The SMILES string of the molecule is CC(=O)SCC(O)C(O)c1cccc(Cl)c1Cl. The predicted octanol–water partition coefficient (Wildman–Crippen LogP) is 2.67. The standard InChI is InChI=1S/C11H12Cl2O3S/c1-6(14)17-5-9(15)11(16)7-3-2-4-8(12)10(7)13/h2-4,9,11,15-16H,5H2,1H3. The van der Waals surface area contributed by atoms with Crippen LogP contribution in [-0.4, -0.2) is 27.2 Å². The monoisotopic (exact) mass is 294 g/mol. The van der Waals surface area contributed by atoms with E-state index in [9.17, 15) is 15.0 Å². The predicted molar refractivity (Wildman–Crippen MR) is 70.6 cm³/mol. The van der Waals surface area contributed by atoms with Crippen molar-refractivity contribution in [3.05, 3.63) is 33.8 Å². The van der Waals surface area contributed by atoms with Crippen LogP contribution in [0, 0.1) is 0 Å². The molecule has 2 unspecified atom stereocenters. The lowest BCUT2D eigenvalue weighted by Gasteiger charge is -2.18. The Bertz CT molecular complexity index is 412. The second kappa shape index (κ2) is 6.61. The number of thioether (sulfide) groups is 1. The molecule has 94 valence electrons. The van der Waals surface area contributed by atoms with Gasteiger partial charge >= 0.3 is 0 Å². The molecule has 0 aromatic heterocycles. The summed E-state index contributed by atoms with van der Waals surface area (Å²) in [5.74, 6) is 0.110. The molecule has 0 spiro atoms. The molecular formula is C11H12Cl2O3S. The van der Waals surface area contributed by atoms with Crippen LogP contribution in [0.2, 0.25) is 10.0 Å². The van der Waals surface area contributed by atoms with Crippen molar-refractivity contribution < 1.29 is 15.0 Å². The number of aliphatic hydroxyl groups excluding tert-OH is 2. The number of hydrogen-bond donors (Lipinski definition) is 2. The van der Waals surface area contributed by atoms with Gasteiger partial charge in [0.15, 0.2) is 5.12 Å². The van der Waals surface area contributed by atoms with Gasteiger partial charge in [-0.3, -0.25) is 4.79 Å². The fourth-order valence-electron chi connectivity index (χ4n) is 1.25. The van der Waals surface area contributed by atoms with E-state index in [0.717, 1.165) is 11.8 Å². The van der Waals surface area contributed by atoms with Gasteiger partial charge in [-0.15, -0.1) is 0 Å². The Morgan fingerprint density at radius 2 is 2.06 bits per heavy atom. The van der Waals surface area contributed by atoms with Gasteiger partial charge in [0.05, 0.1) is 16.1 Å². The van der Waals surface area contributed by atoms with Crippen LogP contribution in [0.25, 0.3) is 0 Å². The highest BCUT2D eigenvalue weighted by molar-refractivity contribution is 8.13. The summed E-state index contributed by atoms with van der Waals surface area (Å²) < 4.78 is 0. The Hall–Kier alpha value is -0.260. The molecule has 1 aromatic carbocycles. The largest absolute Gasteiger partial charge is 0.389 e. The van der Waals surface area contributed by atoms with E-state index >= 15 is 0 Å². The minimum absolute atomic E-state index is 0.110. The summed E-state index contributed by atoms with van der Waals surface area (Å²) >= 11 is 12.7. The molecule has 0 saturated heterocycles. The summed E-state index contributed by atoms with van der Waals surface area (Å²) in [6, 6.07) is 4.81. The molecule has 3 nitrogen and oxygen atoms in total. The topological polar surface area (TPSA) is 57.5 Å². The molecule has 2 N–H and O–H groups in total. The van der Waals surface area contributed by atoms with Crippen molar-refractivity contribution in [1.82, 2.24) is 0 Å². The Labute approximate surface area is 114 Å². The third-order valence-electron chi connectivity index (χ3n) is 2.12. The van der Waals surface area contributed by atoms with Crippen LogP contribution < -0.4 is 0 Å². The van der Waals surface area contributed by atoms with Crippen LogP contribution in [0.3, 0.4) is 0 Å². The second-order valence-corrected chi connectivity index (χ2v) is 5.44. The molecule has 0 radical (unpaired) electrons. The van der Waals surface area contributed by atoms with Gasteiger partial charge in [0.2, 0.25) is 0 Å². The fourth-order valence-corrected chi connectivity index (χ4v) is 2.26. The molecule has 17 heavy (non-hydrogen) atoms. The maximum atomic E-state index is 10.8. The van der Waals surface area contributed by atoms with Crippen LogP contribution in [0.4, 0.5) is 0 Å². The third-order valence-corrected chi connectivity index (χ3v) is 3.87. The first-order valence-corrected chi connectivity index (χ1v) is 6.61. The lowest BCUT2D eigenvalue weighted by molar-refractivity contribution is -0.109. The van der Waals surface area contributed by atoms with Crippen molar-refractivity contribution in [2.24, 2.45) is 0 Å². The van der Waals surface area contributed by atoms with Gasteiger partial charge in [0, 0.05) is 18.2 Å². The number of halogens is 2. The highest BCUT2D eigenvalue weighted by Gasteiger charge is 2.22. The van der Waals surface area contributed by atoms with E-state index in [1.807, 2.05) is 0 Å². The van der Waals surface area contributed by atoms with E-state index in [0.29, 0.717) is 10.6 Å². The van der Waals surface area contributed by atoms with Gasteiger partial charge in [-0.05, 0) is 6.07 Å². The summed E-state index contributed by atoms with van der Waals surface area (Å²) in [5.41, 5.74) is 0.357. The van der Waals surface area contributed by atoms with Gasteiger partial charge in [-0.25, -0.2) is 0 Å². The van der Waals surface area contributed by atoms with Crippen LogP contribution >= 0.6 is 35.0 Å². The smallest absolute Gasteiger partial charge is 0.185 e. The van der Waals surface area contributed by atoms with Crippen molar-refractivity contribution in [3.63, 3.8) is 0 Å². The van der Waals surface area contributed by atoms with Crippen LogP contribution in [0.1, 0.15) is 18.6 Å². The van der Waals surface area contributed by atoms with E-state index in [1.165, 1.54) is 6.92 Å². The van der Waals surface area contributed by atoms with Crippen LogP contribution in [0.15, 0.2) is 18.2 Å². The van der Waals surface area contributed by atoms with Crippen molar-refractivity contribution >= 4 is 40.1 Å². The van der Waals surface area contributed by atoms with Crippen molar-refractivity contribution in [1.29, 1.82) is 0 Å². The number of carbonyl (C=O) groups excluding carboxylic acids is 1. The number of benzene rings is 1. The summed E-state index contributed by atoms with van der Waals surface area (Å²) in [4.78, 5) is 10.8. The molecule has 0 aliphatic rings. The Balaban J connectivity index is 2.77. The number of rotatable bonds is 4. The highest BCUT2D eigenvalue weighted by Crippen LogP contribution is 2.31. The van der Waals surface area contributed by atoms with Gasteiger partial charge in [0.1, 0.15) is 6.10 Å². The first-order chi connectivity index (χ1) is 7.93. The van der Waals surface area contributed by atoms with Gasteiger partial charge < -0.3 is 10.2 Å². The normalized spacial score (nSPS) is 14.4. The van der Waals surface area contributed by atoms with Crippen molar-refractivity contribution in [2.75, 3.05) is 5.75 Å². The first-order valence-electron chi connectivity index (χ1n) is 4.87. The molecule has 0 amide bonds. The second-order valence-electron chi connectivity index (χ2n) is 3.46. The zero-order chi connectivity index (χ0) is 13.0. The first kappa shape index (κ1) is 14.8. The Kier molecular flexibility index (Phi) is 5.76. The molecule has 1 rings (SSSR count). The van der Waals surface area contributed by atoms with E-state index in [4.69, 9.17) is 23.2 Å². The average Bonchev–Trinajstić information content (AvgIpc) is 2.28. The molecule has 1 aromatic rings. The maximum Gasteiger partial charge on any atom is 0.185 e. The lowest BCUT2D eigenvalue weighted by atomic mass is 10.1. The highest BCUT2D eigenvalue weighted by atomic mass is 35.5. The molecule has 0 saturated carbocycles. The Morgan fingerprint density at radius 3 is 2.65 bits per heavy atom. The number of carbonyl (C=O) groups is 1. The summed E-state index contributed by atoms with van der Waals surface area (Å²) in [6.07, 6.45) is -2.23. The number of hydrogen-bond acceptors (Lipinski definition) is 4. The minimum atomic E-state index is -1.16. The molecule has 0 aliphatic heterocycles. The molecule has 0 aliphatic carbocycles. The van der Waals surface area contributed by atoms with E-state index in [-0.39, 0.29) is 15.9 Å². The van der Waals surface area contributed by atoms with Crippen molar-refractivity contribution in [3.8, 4) is 0 Å². The van der Waals surface area contributed by atoms with Gasteiger partial charge in [-0.2, -0.15) is 0 Å². The lowest BCUT2D eigenvalue weighted by Crippen LogP contribution is -2.21. The van der Waals surface area contributed by atoms with E-state index in [2.05, 4.69) is 0 Å². The molecule has 0 fully saturated rings. The molecule has 2 atom stereocenters. The zero-order valence-corrected chi connectivity index (χ0v) is 11.4. The molecule has 0 heterocycles. The summed E-state index contributed by atoms with van der Waals surface area (Å²) in [6.45, 7) is 1.40. The molecule has 0 bridgehead atoms. The summed E-state index contributed by atoms with van der Waals surface area (Å²) in [7, 11) is 0. The maximum absolute atomic E-state index is 10.8. The zero-order valence-electron chi connectivity index (χ0n) is 9.06. The van der Waals surface area contributed by atoms with Gasteiger partial charge in [0.25, 0.3) is 0 Å². The van der Waals surface area contributed by atoms with E-state index in [1.54, 1.807) is 18.2 Å².